The number of nitrogens with one attached hydrogen (secondary N) is 2. The van der Waals surface area contributed by atoms with Crippen molar-refractivity contribution in [1.29, 1.82) is 0 Å². The van der Waals surface area contributed by atoms with E-state index in [4.69, 9.17) is 5.11 Å². The van der Waals surface area contributed by atoms with Crippen LogP contribution >= 0.6 is 11.3 Å². The maximum Gasteiger partial charge on any atom is 0.322 e. The maximum atomic E-state index is 11.3. The monoisotopic (exact) mass is 265 g/mol. The van der Waals surface area contributed by atoms with E-state index in [2.05, 4.69) is 15.6 Å². The molecule has 18 heavy (non-hydrogen) atoms. The van der Waals surface area contributed by atoms with Gasteiger partial charge in [0.05, 0.1) is 6.54 Å². The van der Waals surface area contributed by atoms with Gasteiger partial charge in [-0.15, -0.1) is 11.3 Å². The van der Waals surface area contributed by atoms with Gasteiger partial charge in [-0.1, -0.05) is 0 Å². The van der Waals surface area contributed by atoms with E-state index in [1.807, 2.05) is 17.5 Å². The number of carbonyl (C=O) groups is 2. The van der Waals surface area contributed by atoms with E-state index in [-0.39, 0.29) is 19.0 Å². The largest absolute Gasteiger partial charge is 0.480 e. The van der Waals surface area contributed by atoms with E-state index >= 15 is 0 Å². The van der Waals surface area contributed by atoms with Gasteiger partial charge in [0.25, 0.3) is 0 Å². The molecular formula is C11H11N3O3S. The SMILES string of the molecule is O=C(O)CNC(=O)CNc1nccc2sccc12. The zero-order valence-corrected chi connectivity index (χ0v) is 10.2. The van der Waals surface area contributed by atoms with Crippen molar-refractivity contribution in [3.05, 3.63) is 23.7 Å². The molecule has 94 valence electrons. The fraction of sp³-hybridized carbons (Fsp3) is 0.182. The Balaban J connectivity index is 1.96. The number of hydrogen-bond donors (Lipinski definition) is 3. The fourth-order valence-electron chi connectivity index (χ4n) is 1.44. The minimum absolute atomic E-state index is 0.00472. The lowest BCUT2D eigenvalue weighted by Gasteiger charge is -2.06. The molecule has 0 atom stereocenters. The molecule has 0 aliphatic rings. The number of anilines is 1. The number of hydrogen-bond acceptors (Lipinski definition) is 5. The summed E-state index contributed by atoms with van der Waals surface area (Å²) in [6, 6.07) is 3.82. The number of rotatable bonds is 5. The van der Waals surface area contributed by atoms with Gasteiger partial charge in [-0.2, -0.15) is 0 Å². The van der Waals surface area contributed by atoms with Crippen molar-refractivity contribution >= 4 is 39.1 Å². The molecule has 0 aromatic carbocycles. The first-order valence-corrected chi connectivity index (χ1v) is 6.09. The highest BCUT2D eigenvalue weighted by molar-refractivity contribution is 7.17. The smallest absolute Gasteiger partial charge is 0.322 e. The number of carboxylic acid groups (broad SMARTS) is 1. The van der Waals surface area contributed by atoms with Crippen LogP contribution in [0, 0.1) is 0 Å². The van der Waals surface area contributed by atoms with Crippen LogP contribution in [0.2, 0.25) is 0 Å². The molecule has 0 unspecified atom stereocenters. The van der Waals surface area contributed by atoms with E-state index in [0.29, 0.717) is 5.82 Å². The lowest BCUT2D eigenvalue weighted by atomic mass is 10.3. The summed E-state index contributed by atoms with van der Waals surface area (Å²) in [5, 5.41) is 16.5. The minimum Gasteiger partial charge on any atom is -0.480 e. The van der Waals surface area contributed by atoms with E-state index in [0.717, 1.165) is 10.1 Å². The summed E-state index contributed by atoms with van der Waals surface area (Å²) in [6.45, 7) is -0.383. The third kappa shape index (κ3) is 2.95. The Morgan fingerprint density at radius 1 is 1.33 bits per heavy atom. The van der Waals surface area contributed by atoms with Crippen molar-refractivity contribution in [3.8, 4) is 0 Å². The Labute approximate surface area is 107 Å². The van der Waals surface area contributed by atoms with Crippen molar-refractivity contribution in [2.75, 3.05) is 18.4 Å². The summed E-state index contributed by atoms with van der Waals surface area (Å²) >= 11 is 1.59. The van der Waals surface area contributed by atoms with Crippen molar-refractivity contribution in [2.45, 2.75) is 0 Å². The highest BCUT2D eigenvalue weighted by Crippen LogP contribution is 2.25. The Kier molecular flexibility index (Phi) is 3.73. The molecule has 0 radical (unpaired) electrons. The number of nitrogens with zero attached hydrogens (tertiary/aromatic N) is 1. The van der Waals surface area contributed by atoms with Crippen LogP contribution in [-0.2, 0) is 9.59 Å². The average Bonchev–Trinajstić information content (AvgIpc) is 2.82. The second-order valence-electron chi connectivity index (χ2n) is 3.52. The normalized spacial score (nSPS) is 10.2. The molecule has 2 rings (SSSR count). The van der Waals surface area contributed by atoms with Crippen LogP contribution < -0.4 is 10.6 Å². The van der Waals surface area contributed by atoms with Crippen molar-refractivity contribution < 1.29 is 14.7 Å². The van der Waals surface area contributed by atoms with Crippen molar-refractivity contribution in [1.82, 2.24) is 10.3 Å². The van der Waals surface area contributed by atoms with E-state index in [1.165, 1.54) is 0 Å². The van der Waals surface area contributed by atoms with Gasteiger partial charge in [-0.05, 0) is 17.5 Å². The van der Waals surface area contributed by atoms with Crippen LogP contribution in [0.3, 0.4) is 0 Å². The molecule has 0 saturated carbocycles. The standard InChI is InChI=1S/C11H11N3O3S/c15-9(13-6-10(16)17)5-14-11-7-2-4-18-8(7)1-3-12-11/h1-4H,5-6H2,(H,12,14)(H,13,15)(H,16,17). The summed E-state index contributed by atoms with van der Waals surface area (Å²) in [5.41, 5.74) is 0. The van der Waals surface area contributed by atoms with Crippen LogP contribution in [0.1, 0.15) is 0 Å². The van der Waals surface area contributed by atoms with Crippen LogP contribution in [0.4, 0.5) is 5.82 Å². The summed E-state index contributed by atoms with van der Waals surface area (Å²) in [6.07, 6.45) is 1.66. The average molecular weight is 265 g/mol. The summed E-state index contributed by atoms with van der Waals surface area (Å²) in [5.74, 6) is -0.827. The maximum absolute atomic E-state index is 11.3. The Morgan fingerprint density at radius 2 is 2.17 bits per heavy atom. The quantitative estimate of drug-likeness (QED) is 0.747. The predicted molar refractivity (Wildman–Crippen MR) is 68.8 cm³/mol. The zero-order chi connectivity index (χ0) is 13.0. The van der Waals surface area contributed by atoms with E-state index < -0.39 is 5.97 Å². The lowest BCUT2D eigenvalue weighted by molar-refractivity contribution is -0.137. The molecule has 0 fully saturated rings. The number of aromatic nitrogens is 1. The third-order valence-electron chi connectivity index (χ3n) is 2.23. The predicted octanol–water partition coefficient (Wildman–Crippen LogP) is 0.909. The van der Waals surface area contributed by atoms with E-state index in [1.54, 1.807) is 17.5 Å². The number of amides is 1. The first kappa shape index (κ1) is 12.3. The van der Waals surface area contributed by atoms with Crippen LogP contribution in [0.25, 0.3) is 10.1 Å². The third-order valence-corrected chi connectivity index (χ3v) is 3.12. The van der Waals surface area contributed by atoms with Gasteiger partial charge < -0.3 is 15.7 Å². The highest BCUT2D eigenvalue weighted by Gasteiger charge is 2.06. The number of thiophene rings is 1. The van der Waals surface area contributed by atoms with Gasteiger partial charge in [-0.3, -0.25) is 9.59 Å². The molecule has 0 saturated heterocycles. The molecular weight excluding hydrogens is 254 g/mol. The number of pyridine rings is 1. The van der Waals surface area contributed by atoms with Crippen LogP contribution in [0.5, 0.6) is 0 Å². The molecule has 2 aromatic rings. The molecule has 0 aliphatic carbocycles. The minimum atomic E-state index is -1.07. The molecule has 0 bridgehead atoms. The molecule has 0 aliphatic heterocycles. The molecule has 7 heteroatoms. The van der Waals surface area contributed by atoms with Gasteiger partial charge in [-0.25, -0.2) is 4.98 Å². The molecule has 0 spiro atoms. The first-order valence-electron chi connectivity index (χ1n) is 5.21. The number of aliphatic carboxylic acids is 1. The first-order chi connectivity index (χ1) is 8.66. The molecule has 2 heterocycles. The topological polar surface area (TPSA) is 91.3 Å². The Morgan fingerprint density at radius 3 is 2.94 bits per heavy atom. The van der Waals surface area contributed by atoms with Gasteiger partial charge in [0.1, 0.15) is 12.4 Å². The molecule has 2 aromatic heterocycles. The number of fused-ring (bicyclic) bond motifs is 1. The van der Waals surface area contributed by atoms with Crippen LogP contribution in [0.15, 0.2) is 23.7 Å². The molecule has 6 nitrogen and oxygen atoms in total. The second kappa shape index (κ2) is 5.46. The summed E-state index contributed by atoms with van der Waals surface area (Å²) in [4.78, 5) is 25.8. The Bertz CT molecular complexity index is 582. The lowest BCUT2D eigenvalue weighted by Crippen LogP contribution is -2.33. The highest BCUT2D eigenvalue weighted by atomic mass is 32.1. The van der Waals surface area contributed by atoms with Crippen molar-refractivity contribution in [3.63, 3.8) is 0 Å². The van der Waals surface area contributed by atoms with Gasteiger partial charge in [0.2, 0.25) is 5.91 Å². The summed E-state index contributed by atoms with van der Waals surface area (Å²) < 4.78 is 1.08. The molecule has 3 N–H and O–H groups in total. The Hall–Kier alpha value is -2.15. The van der Waals surface area contributed by atoms with Crippen molar-refractivity contribution in [2.24, 2.45) is 0 Å². The van der Waals surface area contributed by atoms with Gasteiger partial charge >= 0.3 is 5.97 Å². The second-order valence-corrected chi connectivity index (χ2v) is 4.46. The summed E-state index contributed by atoms with van der Waals surface area (Å²) in [7, 11) is 0. The zero-order valence-electron chi connectivity index (χ0n) is 9.34. The van der Waals surface area contributed by atoms with Crippen LogP contribution in [-0.4, -0.2) is 35.1 Å². The van der Waals surface area contributed by atoms with E-state index in [9.17, 15) is 9.59 Å². The van der Waals surface area contributed by atoms with Gasteiger partial charge in [0.15, 0.2) is 0 Å². The number of carboxylic acids is 1. The molecule has 1 amide bonds. The van der Waals surface area contributed by atoms with Gasteiger partial charge in [0, 0.05) is 16.3 Å². The fourth-order valence-corrected chi connectivity index (χ4v) is 2.22. The number of carbonyl (C=O) groups excluding carboxylic acids is 1.